The van der Waals surface area contributed by atoms with Crippen molar-refractivity contribution in [2.75, 3.05) is 20.3 Å². The first-order valence-electron chi connectivity index (χ1n) is 5.10. The van der Waals surface area contributed by atoms with Gasteiger partial charge in [0.2, 0.25) is 0 Å². The molecule has 0 fully saturated rings. The minimum Gasteiger partial charge on any atom is -0.493 e. The van der Waals surface area contributed by atoms with E-state index in [1.165, 1.54) is 5.56 Å². The van der Waals surface area contributed by atoms with E-state index in [2.05, 4.69) is 12.1 Å². The number of benzene rings is 1. The Kier molecular flexibility index (Phi) is 3.04. The molecule has 76 valence electrons. The second kappa shape index (κ2) is 4.47. The maximum absolute atomic E-state index is 5.68. The van der Waals surface area contributed by atoms with Gasteiger partial charge in [0, 0.05) is 13.7 Å². The summed E-state index contributed by atoms with van der Waals surface area (Å²) in [5.74, 6) is 1.67. The van der Waals surface area contributed by atoms with E-state index >= 15 is 0 Å². The Labute approximate surface area is 84.8 Å². The first kappa shape index (κ1) is 9.53. The number of fused-ring (bicyclic) bond motifs is 1. The molecule has 14 heavy (non-hydrogen) atoms. The van der Waals surface area contributed by atoms with Crippen LogP contribution in [0.2, 0.25) is 0 Å². The minimum atomic E-state index is 0.616. The molecular weight excluding hydrogens is 176 g/mol. The van der Waals surface area contributed by atoms with E-state index in [9.17, 15) is 0 Å². The minimum absolute atomic E-state index is 0.616. The molecule has 1 aromatic rings. The van der Waals surface area contributed by atoms with Crippen LogP contribution in [0.25, 0.3) is 0 Å². The van der Waals surface area contributed by atoms with Gasteiger partial charge in [0.15, 0.2) is 0 Å². The molecular formula is C12H16O2. The molecule has 2 rings (SSSR count). The Morgan fingerprint density at radius 2 is 2.29 bits per heavy atom. The normalized spacial score (nSPS) is 19.9. The van der Waals surface area contributed by atoms with Crippen molar-refractivity contribution in [3.8, 4) is 5.75 Å². The second-order valence-electron chi connectivity index (χ2n) is 3.77. The summed E-state index contributed by atoms with van der Waals surface area (Å²) in [4.78, 5) is 0. The van der Waals surface area contributed by atoms with Crippen LogP contribution in [0.1, 0.15) is 12.0 Å². The van der Waals surface area contributed by atoms with Crippen molar-refractivity contribution in [2.45, 2.75) is 12.8 Å². The van der Waals surface area contributed by atoms with Crippen LogP contribution in [-0.4, -0.2) is 20.3 Å². The zero-order valence-electron chi connectivity index (χ0n) is 8.53. The van der Waals surface area contributed by atoms with Gasteiger partial charge in [0.25, 0.3) is 0 Å². The molecule has 1 aromatic carbocycles. The molecule has 0 spiro atoms. The van der Waals surface area contributed by atoms with Gasteiger partial charge in [-0.3, -0.25) is 0 Å². The summed E-state index contributed by atoms with van der Waals surface area (Å²) in [6, 6.07) is 8.28. The SMILES string of the molecule is COCC[C@H]1COc2ccccc2C1. The van der Waals surface area contributed by atoms with E-state index in [1.807, 2.05) is 12.1 Å². The molecule has 0 aromatic heterocycles. The maximum atomic E-state index is 5.68. The highest BCUT2D eigenvalue weighted by Gasteiger charge is 2.18. The summed E-state index contributed by atoms with van der Waals surface area (Å²) < 4.78 is 10.8. The predicted molar refractivity (Wildman–Crippen MR) is 55.6 cm³/mol. The lowest BCUT2D eigenvalue weighted by atomic mass is 9.94. The number of rotatable bonds is 3. The zero-order valence-corrected chi connectivity index (χ0v) is 8.53. The van der Waals surface area contributed by atoms with Gasteiger partial charge in [-0.15, -0.1) is 0 Å². The number of hydrogen-bond acceptors (Lipinski definition) is 2. The summed E-state index contributed by atoms with van der Waals surface area (Å²) in [5.41, 5.74) is 1.33. The van der Waals surface area contributed by atoms with Gasteiger partial charge in [-0.25, -0.2) is 0 Å². The maximum Gasteiger partial charge on any atom is 0.122 e. The van der Waals surface area contributed by atoms with Crippen LogP contribution in [0.15, 0.2) is 24.3 Å². The predicted octanol–water partition coefficient (Wildman–Crippen LogP) is 2.27. The third kappa shape index (κ3) is 2.07. The number of para-hydroxylation sites is 1. The molecule has 1 heterocycles. The summed E-state index contributed by atoms with van der Waals surface area (Å²) in [6.45, 7) is 1.66. The third-order valence-corrected chi connectivity index (χ3v) is 2.69. The molecule has 0 aliphatic carbocycles. The fourth-order valence-corrected chi connectivity index (χ4v) is 1.86. The summed E-state index contributed by atoms with van der Waals surface area (Å²) >= 11 is 0. The monoisotopic (exact) mass is 192 g/mol. The Morgan fingerprint density at radius 1 is 1.43 bits per heavy atom. The number of methoxy groups -OCH3 is 1. The molecule has 1 atom stereocenters. The topological polar surface area (TPSA) is 18.5 Å². The van der Waals surface area contributed by atoms with Gasteiger partial charge >= 0.3 is 0 Å². The third-order valence-electron chi connectivity index (χ3n) is 2.69. The Hall–Kier alpha value is -1.02. The van der Waals surface area contributed by atoms with Gasteiger partial charge < -0.3 is 9.47 Å². The number of ether oxygens (including phenoxy) is 2. The molecule has 2 nitrogen and oxygen atoms in total. The molecule has 0 saturated heterocycles. The molecule has 2 heteroatoms. The lowest BCUT2D eigenvalue weighted by molar-refractivity contribution is 0.145. The van der Waals surface area contributed by atoms with Gasteiger partial charge in [-0.2, -0.15) is 0 Å². The molecule has 0 bridgehead atoms. The fourth-order valence-electron chi connectivity index (χ4n) is 1.86. The highest BCUT2D eigenvalue weighted by Crippen LogP contribution is 2.27. The van der Waals surface area contributed by atoms with Crippen LogP contribution in [0.4, 0.5) is 0 Å². The lowest BCUT2D eigenvalue weighted by Gasteiger charge is -2.24. The molecule has 0 unspecified atom stereocenters. The fraction of sp³-hybridized carbons (Fsp3) is 0.500. The molecule has 1 aliphatic rings. The molecule has 0 N–H and O–H groups in total. The average molecular weight is 192 g/mol. The van der Waals surface area contributed by atoms with Gasteiger partial charge in [-0.05, 0) is 30.4 Å². The molecule has 0 saturated carbocycles. The van der Waals surface area contributed by atoms with E-state index < -0.39 is 0 Å². The lowest BCUT2D eigenvalue weighted by Crippen LogP contribution is -2.21. The van der Waals surface area contributed by atoms with Crippen molar-refractivity contribution in [3.05, 3.63) is 29.8 Å². The summed E-state index contributed by atoms with van der Waals surface area (Å²) in [7, 11) is 1.75. The zero-order chi connectivity index (χ0) is 9.80. The van der Waals surface area contributed by atoms with Crippen LogP contribution >= 0.6 is 0 Å². The quantitative estimate of drug-likeness (QED) is 0.731. The summed E-state index contributed by atoms with van der Waals surface area (Å²) in [5, 5.41) is 0. The van der Waals surface area contributed by atoms with Crippen molar-refractivity contribution in [2.24, 2.45) is 5.92 Å². The van der Waals surface area contributed by atoms with Gasteiger partial charge in [-0.1, -0.05) is 18.2 Å². The van der Waals surface area contributed by atoms with E-state index in [4.69, 9.17) is 9.47 Å². The Bertz CT molecular complexity index is 296. The van der Waals surface area contributed by atoms with Crippen molar-refractivity contribution >= 4 is 0 Å². The van der Waals surface area contributed by atoms with E-state index in [0.717, 1.165) is 31.8 Å². The highest BCUT2D eigenvalue weighted by molar-refractivity contribution is 5.34. The van der Waals surface area contributed by atoms with Crippen molar-refractivity contribution in [1.82, 2.24) is 0 Å². The second-order valence-corrected chi connectivity index (χ2v) is 3.77. The molecule has 0 amide bonds. The summed E-state index contributed by atoms with van der Waals surface area (Å²) in [6.07, 6.45) is 2.21. The van der Waals surface area contributed by atoms with Crippen LogP contribution in [0, 0.1) is 5.92 Å². The first-order valence-corrected chi connectivity index (χ1v) is 5.10. The largest absolute Gasteiger partial charge is 0.493 e. The van der Waals surface area contributed by atoms with Crippen LogP contribution in [0.3, 0.4) is 0 Å². The van der Waals surface area contributed by atoms with Crippen LogP contribution in [-0.2, 0) is 11.2 Å². The van der Waals surface area contributed by atoms with Crippen molar-refractivity contribution in [1.29, 1.82) is 0 Å². The Balaban J connectivity index is 1.99. The van der Waals surface area contributed by atoms with Crippen molar-refractivity contribution < 1.29 is 9.47 Å². The van der Waals surface area contributed by atoms with E-state index in [0.29, 0.717) is 5.92 Å². The van der Waals surface area contributed by atoms with E-state index in [-0.39, 0.29) is 0 Å². The molecule has 1 aliphatic heterocycles. The van der Waals surface area contributed by atoms with Crippen LogP contribution in [0.5, 0.6) is 5.75 Å². The molecule has 0 radical (unpaired) electrons. The average Bonchev–Trinajstić information content (AvgIpc) is 2.26. The number of hydrogen-bond donors (Lipinski definition) is 0. The Morgan fingerprint density at radius 3 is 3.14 bits per heavy atom. The standard InChI is InChI=1S/C12H16O2/c1-13-7-6-10-8-11-4-2-3-5-12(11)14-9-10/h2-5,10H,6-9H2,1H3/t10-/m1/s1. The van der Waals surface area contributed by atoms with Gasteiger partial charge in [0.05, 0.1) is 6.61 Å². The highest BCUT2D eigenvalue weighted by atomic mass is 16.5. The first-order chi connectivity index (χ1) is 6.90. The van der Waals surface area contributed by atoms with Crippen molar-refractivity contribution in [3.63, 3.8) is 0 Å². The van der Waals surface area contributed by atoms with Gasteiger partial charge in [0.1, 0.15) is 5.75 Å². The van der Waals surface area contributed by atoms with Crippen LogP contribution < -0.4 is 4.74 Å². The van der Waals surface area contributed by atoms with E-state index in [1.54, 1.807) is 7.11 Å². The smallest absolute Gasteiger partial charge is 0.122 e.